The van der Waals surface area contributed by atoms with Crippen LogP contribution in [0.5, 0.6) is 0 Å². The fourth-order valence-corrected chi connectivity index (χ4v) is 5.31. The molecule has 0 radical (unpaired) electrons. The first kappa shape index (κ1) is 20.8. The van der Waals surface area contributed by atoms with Gasteiger partial charge in [0, 0.05) is 23.7 Å². The Morgan fingerprint density at radius 3 is 2.71 bits per heavy atom. The number of hydrogen-bond acceptors (Lipinski definition) is 4. The summed E-state index contributed by atoms with van der Waals surface area (Å²) >= 11 is 1.59. The third-order valence-electron chi connectivity index (χ3n) is 4.75. The largest absolute Gasteiger partial charge is 0.326 e. The Bertz CT molecular complexity index is 933. The van der Waals surface area contributed by atoms with Gasteiger partial charge in [-0.1, -0.05) is 18.2 Å². The van der Waals surface area contributed by atoms with E-state index in [1.54, 1.807) is 11.8 Å². The van der Waals surface area contributed by atoms with Crippen molar-refractivity contribution in [2.24, 2.45) is 5.92 Å². The first-order valence-corrected chi connectivity index (χ1v) is 11.9. The Kier molecular flexibility index (Phi) is 6.74. The van der Waals surface area contributed by atoms with Crippen LogP contribution < -0.4 is 5.32 Å². The number of piperidine rings is 1. The number of rotatable bonds is 6. The second kappa shape index (κ2) is 9.07. The average molecular weight is 423 g/mol. The van der Waals surface area contributed by atoms with E-state index >= 15 is 0 Å². The zero-order chi connectivity index (χ0) is 20.1. The minimum Gasteiger partial charge on any atom is -0.326 e. The number of sulfonamides is 1. The summed E-state index contributed by atoms with van der Waals surface area (Å²) in [5, 5.41) is 2.90. The third-order valence-corrected chi connectivity index (χ3v) is 7.29. The standard InChI is InChI=1S/C20H23FN2O3S2/c1-27-19-6-2-5-18(12-19)22-20(24)16-4-3-11-23(13-16)28(25,26)14-15-7-9-17(21)10-8-15/h2,5-10,12,16H,3-4,11,13-14H2,1H3,(H,22,24). The molecule has 1 amide bonds. The molecule has 1 saturated heterocycles. The van der Waals surface area contributed by atoms with Gasteiger partial charge in [-0.25, -0.2) is 17.1 Å². The molecule has 0 saturated carbocycles. The SMILES string of the molecule is CSc1cccc(NC(=O)C2CCCN(S(=O)(=O)Cc3ccc(F)cc3)C2)c1. The van der Waals surface area contributed by atoms with Crippen molar-refractivity contribution in [3.8, 4) is 0 Å². The summed E-state index contributed by atoms with van der Waals surface area (Å²) in [6, 6.07) is 13.0. The van der Waals surface area contributed by atoms with Crippen LogP contribution in [0, 0.1) is 11.7 Å². The predicted octanol–water partition coefficient (Wildman–Crippen LogP) is 3.73. The molecule has 2 aromatic carbocycles. The zero-order valence-electron chi connectivity index (χ0n) is 15.6. The number of nitrogens with one attached hydrogen (secondary N) is 1. The van der Waals surface area contributed by atoms with Crippen LogP contribution >= 0.6 is 11.8 Å². The van der Waals surface area contributed by atoms with Gasteiger partial charge in [0.25, 0.3) is 0 Å². The van der Waals surface area contributed by atoms with Crippen molar-refractivity contribution in [1.29, 1.82) is 0 Å². The quantitative estimate of drug-likeness (QED) is 0.721. The lowest BCUT2D eigenvalue weighted by Crippen LogP contribution is -2.44. The highest BCUT2D eigenvalue weighted by Gasteiger charge is 2.32. The van der Waals surface area contributed by atoms with E-state index < -0.39 is 21.8 Å². The molecule has 1 N–H and O–H groups in total. The van der Waals surface area contributed by atoms with E-state index in [0.717, 1.165) is 4.90 Å². The van der Waals surface area contributed by atoms with Gasteiger partial charge in [0.15, 0.2) is 0 Å². The first-order valence-electron chi connectivity index (χ1n) is 9.04. The molecular weight excluding hydrogens is 399 g/mol. The topological polar surface area (TPSA) is 66.5 Å². The molecule has 1 unspecified atom stereocenters. The Morgan fingerprint density at radius 1 is 1.25 bits per heavy atom. The van der Waals surface area contributed by atoms with Crippen molar-refractivity contribution in [1.82, 2.24) is 4.31 Å². The van der Waals surface area contributed by atoms with Gasteiger partial charge in [-0.05, 0) is 55.0 Å². The lowest BCUT2D eigenvalue weighted by Gasteiger charge is -2.31. The monoisotopic (exact) mass is 422 g/mol. The third kappa shape index (κ3) is 5.33. The molecule has 1 heterocycles. The number of amides is 1. The van der Waals surface area contributed by atoms with Gasteiger partial charge in [0.05, 0.1) is 11.7 Å². The molecule has 0 spiro atoms. The van der Waals surface area contributed by atoms with Crippen molar-refractivity contribution in [3.05, 3.63) is 59.9 Å². The van der Waals surface area contributed by atoms with Gasteiger partial charge < -0.3 is 5.32 Å². The van der Waals surface area contributed by atoms with Gasteiger partial charge in [-0.2, -0.15) is 0 Å². The minimum atomic E-state index is -3.57. The van der Waals surface area contributed by atoms with Gasteiger partial charge in [-0.15, -0.1) is 11.8 Å². The Balaban J connectivity index is 1.65. The van der Waals surface area contributed by atoms with E-state index in [2.05, 4.69) is 5.32 Å². The second-order valence-corrected chi connectivity index (χ2v) is 9.65. The Morgan fingerprint density at radius 2 is 2.00 bits per heavy atom. The minimum absolute atomic E-state index is 0.164. The highest BCUT2D eigenvalue weighted by atomic mass is 32.2. The van der Waals surface area contributed by atoms with E-state index in [1.807, 2.05) is 30.5 Å². The number of nitrogens with zero attached hydrogens (tertiary/aromatic N) is 1. The zero-order valence-corrected chi connectivity index (χ0v) is 17.2. The molecule has 0 aromatic heterocycles. The molecule has 150 valence electrons. The Labute approximate surface area is 169 Å². The number of hydrogen-bond donors (Lipinski definition) is 1. The molecule has 1 aliphatic heterocycles. The molecule has 1 aliphatic rings. The maximum absolute atomic E-state index is 13.0. The predicted molar refractivity (Wildman–Crippen MR) is 110 cm³/mol. The number of halogens is 1. The van der Waals surface area contributed by atoms with E-state index in [1.165, 1.54) is 28.6 Å². The van der Waals surface area contributed by atoms with Crippen LogP contribution in [0.3, 0.4) is 0 Å². The van der Waals surface area contributed by atoms with Crippen LogP contribution in [0.25, 0.3) is 0 Å². The highest BCUT2D eigenvalue weighted by Crippen LogP contribution is 2.24. The van der Waals surface area contributed by atoms with Crippen molar-refractivity contribution in [3.63, 3.8) is 0 Å². The van der Waals surface area contributed by atoms with E-state index in [0.29, 0.717) is 30.6 Å². The van der Waals surface area contributed by atoms with Crippen LogP contribution in [0.15, 0.2) is 53.4 Å². The number of thioether (sulfide) groups is 1. The molecule has 8 heteroatoms. The lowest BCUT2D eigenvalue weighted by molar-refractivity contribution is -0.120. The maximum atomic E-state index is 13.0. The van der Waals surface area contributed by atoms with Crippen molar-refractivity contribution >= 4 is 33.4 Å². The van der Waals surface area contributed by atoms with E-state index in [4.69, 9.17) is 0 Å². The number of benzene rings is 2. The van der Waals surface area contributed by atoms with E-state index in [9.17, 15) is 17.6 Å². The van der Waals surface area contributed by atoms with Crippen molar-refractivity contribution in [2.45, 2.75) is 23.5 Å². The second-order valence-electron chi connectivity index (χ2n) is 6.80. The molecule has 2 aromatic rings. The number of anilines is 1. The molecule has 3 rings (SSSR count). The molecular formula is C20H23FN2O3S2. The molecule has 5 nitrogen and oxygen atoms in total. The summed E-state index contributed by atoms with van der Waals surface area (Å²) < 4.78 is 39.9. The summed E-state index contributed by atoms with van der Waals surface area (Å²) in [6.07, 6.45) is 3.24. The molecule has 0 bridgehead atoms. The Hall–Kier alpha value is -1.90. The maximum Gasteiger partial charge on any atom is 0.228 e. The summed E-state index contributed by atoms with van der Waals surface area (Å²) in [7, 11) is -3.57. The number of carbonyl (C=O) groups excluding carboxylic acids is 1. The normalized spacial score (nSPS) is 18.0. The summed E-state index contributed by atoms with van der Waals surface area (Å²) in [4.78, 5) is 13.7. The van der Waals surface area contributed by atoms with Crippen LogP contribution in [-0.2, 0) is 20.6 Å². The summed E-state index contributed by atoms with van der Waals surface area (Å²) in [6.45, 7) is 0.562. The average Bonchev–Trinajstić information content (AvgIpc) is 2.70. The van der Waals surface area contributed by atoms with Gasteiger partial charge >= 0.3 is 0 Å². The van der Waals surface area contributed by atoms with Gasteiger partial charge in [-0.3, -0.25) is 4.79 Å². The van der Waals surface area contributed by atoms with Crippen LogP contribution in [0.4, 0.5) is 10.1 Å². The first-order chi connectivity index (χ1) is 13.4. The molecule has 0 aliphatic carbocycles. The summed E-state index contributed by atoms with van der Waals surface area (Å²) in [5.41, 5.74) is 1.24. The van der Waals surface area contributed by atoms with Crippen molar-refractivity contribution in [2.75, 3.05) is 24.7 Å². The lowest BCUT2D eigenvalue weighted by atomic mass is 9.99. The van der Waals surface area contributed by atoms with E-state index in [-0.39, 0.29) is 18.2 Å². The summed E-state index contributed by atoms with van der Waals surface area (Å²) in [5.74, 6) is -1.16. The fourth-order valence-electron chi connectivity index (χ4n) is 3.24. The van der Waals surface area contributed by atoms with Crippen LogP contribution in [0.1, 0.15) is 18.4 Å². The van der Waals surface area contributed by atoms with Crippen LogP contribution in [0.2, 0.25) is 0 Å². The fraction of sp³-hybridized carbons (Fsp3) is 0.350. The van der Waals surface area contributed by atoms with Crippen LogP contribution in [-0.4, -0.2) is 38.0 Å². The number of carbonyl (C=O) groups is 1. The van der Waals surface area contributed by atoms with Gasteiger partial charge in [0.1, 0.15) is 5.82 Å². The van der Waals surface area contributed by atoms with Gasteiger partial charge in [0.2, 0.25) is 15.9 Å². The molecule has 1 atom stereocenters. The van der Waals surface area contributed by atoms with Crippen molar-refractivity contribution < 1.29 is 17.6 Å². The smallest absolute Gasteiger partial charge is 0.228 e. The molecule has 1 fully saturated rings. The molecule has 28 heavy (non-hydrogen) atoms. The highest BCUT2D eigenvalue weighted by molar-refractivity contribution is 7.98.